The van der Waals surface area contributed by atoms with Gasteiger partial charge in [-0.3, -0.25) is 0 Å². The van der Waals surface area contributed by atoms with Crippen LogP contribution in [0.3, 0.4) is 0 Å². The zero-order valence-corrected chi connectivity index (χ0v) is 9.59. The van der Waals surface area contributed by atoms with E-state index in [-0.39, 0.29) is 24.9 Å². The molecule has 0 aliphatic carbocycles. The van der Waals surface area contributed by atoms with Gasteiger partial charge in [-0.25, -0.2) is 0 Å². The van der Waals surface area contributed by atoms with Crippen molar-refractivity contribution in [2.45, 2.75) is 44.2 Å². The molecule has 5 nitrogen and oxygen atoms in total. The molecule has 16 heavy (non-hydrogen) atoms. The first-order chi connectivity index (χ1) is 7.57. The third kappa shape index (κ3) is 2.14. The highest BCUT2D eigenvalue weighted by molar-refractivity contribution is 4.95. The summed E-state index contributed by atoms with van der Waals surface area (Å²) in [5.74, 6) is -0.650. The minimum atomic E-state index is -0.650. The standard InChI is InChI=1S/C11H18O5/c1-4-5-13-10-9-8(7(6-12)14-10)15-11(2,3)16-9/h4,7-10,12H,1,5-6H2,2-3H3. The number of aliphatic hydroxyl groups excluding tert-OH is 1. The normalized spacial score (nSPS) is 40.9. The van der Waals surface area contributed by atoms with Gasteiger partial charge in [0.1, 0.15) is 18.3 Å². The summed E-state index contributed by atoms with van der Waals surface area (Å²) in [6.07, 6.45) is 0.205. The predicted octanol–water partition coefficient (Wildman–Crippen LogP) is 0.426. The molecular formula is C11H18O5. The summed E-state index contributed by atoms with van der Waals surface area (Å²) in [7, 11) is 0. The van der Waals surface area contributed by atoms with E-state index in [1.54, 1.807) is 6.08 Å². The molecule has 2 heterocycles. The van der Waals surface area contributed by atoms with Gasteiger partial charge in [0.15, 0.2) is 12.1 Å². The van der Waals surface area contributed by atoms with Gasteiger partial charge in [0.05, 0.1) is 13.2 Å². The van der Waals surface area contributed by atoms with E-state index >= 15 is 0 Å². The fourth-order valence-electron chi connectivity index (χ4n) is 2.09. The minimum Gasteiger partial charge on any atom is -0.394 e. The molecule has 0 radical (unpaired) electrons. The fourth-order valence-corrected chi connectivity index (χ4v) is 2.09. The quantitative estimate of drug-likeness (QED) is 0.710. The van der Waals surface area contributed by atoms with Crippen molar-refractivity contribution in [1.82, 2.24) is 0 Å². The van der Waals surface area contributed by atoms with Crippen molar-refractivity contribution in [3.63, 3.8) is 0 Å². The second-order valence-corrected chi connectivity index (χ2v) is 4.41. The van der Waals surface area contributed by atoms with E-state index in [0.29, 0.717) is 6.61 Å². The first kappa shape index (κ1) is 12.0. The van der Waals surface area contributed by atoms with Crippen molar-refractivity contribution in [2.75, 3.05) is 13.2 Å². The Morgan fingerprint density at radius 2 is 2.06 bits per heavy atom. The van der Waals surface area contributed by atoms with E-state index in [9.17, 15) is 5.11 Å². The summed E-state index contributed by atoms with van der Waals surface area (Å²) in [6.45, 7) is 7.53. The molecule has 0 aromatic carbocycles. The van der Waals surface area contributed by atoms with Crippen molar-refractivity contribution in [3.8, 4) is 0 Å². The topological polar surface area (TPSA) is 57.2 Å². The maximum atomic E-state index is 9.19. The summed E-state index contributed by atoms with van der Waals surface area (Å²) in [4.78, 5) is 0. The molecule has 2 rings (SSSR count). The van der Waals surface area contributed by atoms with Crippen molar-refractivity contribution >= 4 is 0 Å². The molecular weight excluding hydrogens is 212 g/mol. The van der Waals surface area contributed by atoms with Crippen LogP contribution in [0.25, 0.3) is 0 Å². The van der Waals surface area contributed by atoms with Gasteiger partial charge in [0, 0.05) is 0 Å². The molecule has 2 aliphatic rings. The smallest absolute Gasteiger partial charge is 0.187 e. The van der Waals surface area contributed by atoms with Crippen molar-refractivity contribution < 1.29 is 24.1 Å². The third-order valence-corrected chi connectivity index (χ3v) is 2.67. The van der Waals surface area contributed by atoms with Gasteiger partial charge in [-0.15, -0.1) is 6.58 Å². The molecule has 1 N–H and O–H groups in total. The van der Waals surface area contributed by atoms with Gasteiger partial charge in [0.25, 0.3) is 0 Å². The third-order valence-electron chi connectivity index (χ3n) is 2.67. The van der Waals surface area contributed by atoms with Gasteiger partial charge >= 0.3 is 0 Å². The molecule has 92 valence electrons. The highest BCUT2D eigenvalue weighted by Crippen LogP contribution is 2.38. The van der Waals surface area contributed by atoms with Crippen molar-refractivity contribution in [1.29, 1.82) is 0 Å². The molecule has 0 spiro atoms. The lowest BCUT2D eigenvalue weighted by Crippen LogP contribution is -2.32. The molecule has 2 aliphatic heterocycles. The number of aliphatic hydroxyl groups is 1. The molecule has 4 unspecified atom stereocenters. The van der Waals surface area contributed by atoms with Crippen LogP contribution in [0.4, 0.5) is 0 Å². The Morgan fingerprint density at radius 1 is 1.38 bits per heavy atom. The highest BCUT2D eigenvalue weighted by Gasteiger charge is 2.55. The monoisotopic (exact) mass is 230 g/mol. The van der Waals surface area contributed by atoms with E-state index in [4.69, 9.17) is 18.9 Å². The predicted molar refractivity (Wildman–Crippen MR) is 55.7 cm³/mol. The average Bonchev–Trinajstić information content (AvgIpc) is 2.69. The van der Waals surface area contributed by atoms with Gasteiger partial charge in [-0.1, -0.05) is 6.08 Å². The number of hydrogen-bond donors (Lipinski definition) is 1. The number of hydrogen-bond acceptors (Lipinski definition) is 5. The zero-order valence-electron chi connectivity index (χ0n) is 9.59. The molecule has 4 atom stereocenters. The minimum absolute atomic E-state index is 0.103. The molecule has 5 heteroatoms. The van der Waals surface area contributed by atoms with E-state index in [1.165, 1.54) is 0 Å². The van der Waals surface area contributed by atoms with Crippen LogP contribution >= 0.6 is 0 Å². The number of fused-ring (bicyclic) bond motifs is 1. The molecule has 2 fully saturated rings. The highest BCUT2D eigenvalue weighted by atomic mass is 16.8. The Hall–Kier alpha value is -0.460. The molecule has 0 amide bonds. The molecule has 0 aromatic rings. The van der Waals surface area contributed by atoms with E-state index in [2.05, 4.69) is 6.58 Å². The van der Waals surface area contributed by atoms with E-state index in [0.717, 1.165) is 0 Å². The maximum absolute atomic E-state index is 9.19. The lowest BCUT2D eigenvalue weighted by molar-refractivity contribution is -0.233. The van der Waals surface area contributed by atoms with Crippen LogP contribution in [0.1, 0.15) is 13.8 Å². The van der Waals surface area contributed by atoms with Crippen LogP contribution in [-0.2, 0) is 18.9 Å². The lowest BCUT2D eigenvalue weighted by Gasteiger charge is -2.23. The van der Waals surface area contributed by atoms with Gasteiger partial charge in [0.2, 0.25) is 0 Å². The second-order valence-electron chi connectivity index (χ2n) is 4.41. The lowest BCUT2D eigenvalue weighted by atomic mass is 10.1. The number of rotatable bonds is 4. The Balaban J connectivity index is 2.04. The van der Waals surface area contributed by atoms with Crippen LogP contribution in [0, 0.1) is 0 Å². The summed E-state index contributed by atoms with van der Waals surface area (Å²) >= 11 is 0. The van der Waals surface area contributed by atoms with Crippen LogP contribution in [0.5, 0.6) is 0 Å². The van der Waals surface area contributed by atoms with Crippen LogP contribution < -0.4 is 0 Å². The van der Waals surface area contributed by atoms with E-state index < -0.39 is 12.1 Å². The zero-order chi connectivity index (χ0) is 11.8. The summed E-state index contributed by atoms with van der Waals surface area (Å²) in [5.41, 5.74) is 0. The van der Waals surface area contributed by atoms with Crippen LogP contribution in [0.15, 0.2) is 12.7 Å². The molecule has 0 aromatic heterocycles. The largest absolute Gasteiger partial charge is 0.394 e. The van der Waals surface area contributed by atoms with Gasteiger partial charge in [-0.2, -0.15) is 0 Å². The molecule has 0 bridgehead atoms. The first-order valence-electron chi connectivity index (χ1n) is 5.42. The van der Waals surface area contributed by atoms with Crippen molar-refractivity contribution in [3.05, 3.63) is 12.7 Å². The fraction of sp³-hybridized carbons (Fsp3) is 0.818. The SMILES string of the molecule is C=CCOC1OC(CO)C2OC(C)(C)OC12. The molecule has 0 saturated carbocycles. The van der Waals surface area contributed by atoms with Crippen LogP contribution in [-0.4, -0.2) is 48.7 Å². The number of ether oxygens (including phenoxy) is 4. The second kappa shape index (κ2) is 4.43. The Labute approximate surface area is 94.9 Å². The van der Waals surface area contributed by atoms with Gasteiger partial charge in [-0.05, 0) is 13.8 Å². The maximum Gasteiger partial charge on any atom is 0.187 e. The van der Waals surface area contributed by atoms with Crippen LogP contribution in [0.2, 0.25) is 0 Å². The van der Waals surface area contributed by atoms with E-state index in [1.807, 2.05) is 13.8 Å². The first-order valence-corrected chi connectivity index (χ1v) is 5.42. The summed E-state index contributed by atoms with van der Waals surface area (Å²) < 4.78 is 22.3. The Bertz CT molecular complexity index is 265. The Kier molecular flexibility index (Phi) is 3.32. The average molecular weight is 230 g/mol. The summed E-state index contributed by atoms with van der Waals surface area (Å²) in [5, 5.41) is 9.19. The molecule has 2 saturated heterocycles. The van der Waals surface area contributed by atoms with Crippen molar-refractivity contribution in [2.24, 2.45) is 0 Å². The summed E-state index contributed by atoms with van der Waals surface area (Å²) in [6, 6.07) is 0. The Morgan fingerprint density at radius 3 is 2.69 bits per heavy atom. The van der Waals surface area contributed by atoms with Gasteiger partial charge < -0.3 is 24.1 Å².